The topological polar surface area (TPSA) is 87.1 Å². The van der Waals surface area contributed by atoms with Gasteiger partial charge in [0, 0.05) is 18.7 Å². The maximum absolute atomic E-state index is 11.8. The van der Waals surface area contributed by atoms with Gasteiger partial charge in [-0.3, -0.25) is 4.79 Å². The fraction of sp³-hybridized carbons (Fsp3) is 0.154. The number of carbonyl (C=O) groups is 1. The fourth-order valence-electron chi connectivity index (χ4n) is 1.49. The molecule has 0 bridgehead atoms. The molecule has 1 amide bonds. The van der Waals surface area contributed by atoms with E-state index in [1.165, 1.54) is 12.1 Å². The van der Waals surface area contributed by atoms with E-state index in [1.807, 2.05) is 0 Å². The van der Waals surface area contributed by atoms with Gasteiger partial charge in [-0.25, -0.2) is 9.97 Å². The summed E-state index contributed by atoms with van der Waals surface area (Å²) in [5, 5.41) is 14.9. The summed E-state index contributed by atoms with van der Waals surface area (Å²) in [7, 11) is 0. The molecule has 6 nitrogen and oxygen atoms in total. The molecule has 0 aliphatic carbocycles. The summed E-state index contributed by atoms with van der Waals surface area (Å²) in [6.07, 6.45) is 3.20. The number of hydrogen-bond acceptors (Lipinski definition) is 5. The molecular formula is C13H13BrN4O2. The van der Waals surface area contributed by atoms with Gasteiger partial charge in [-0.2, -0.15) is 0 Å². The Morgan fingerprint density at radius 1 is 1.15 bits per heavy atom. The molecule has 0 radical (unpaired) electrons. The highest BCUT2D eigenvalue weighted by atomic mass is 79.9. The molecule has 2 rings (SSSR count). The SMILES string of the molecule is O=C(NCCNc1cnc(Br)cn1)c1ccc(O)cc1. The smallest absolute Gasteiger partial charge is 0.251 e. The molecule has 0 aliphatic heterocycles. The predicted molar refractivity (Wildman–Crippen MR) is 78.7 cm³/mol. The van der Waals surface area contributed by atoms with E-state index in [4.69, 9.17) is 5.11 Å². The Kier molecular flexibility index (Phi) is 4.89. The number of phenols is 1. The van der Waals surface area contributed by atoms with Crippen molar-refractivity contribution in [1.29, 1.82) is 0 Å². The van der Waals surface area contributed by atoms with Crippen LogP contribution in [0, 0.1) is 0 Å². The molecule has 0 spiro atoms. The number of anilines is 1. The van der Waals surface area contributed by atoms with Crippen LogP contribution in [0.4, 0.5) is 5.82 Å². The molecule has 3 N–H and O–H groups in total. The van der Waals surface area contributed by atoms with Crippen LogP contribution >= 0.6 is 15.9 Å². The van der Waals surface area contributed by atoms with Crippen molar-refractivity contribution in [3.05, 3.63) is 46.8 Å². The summed E-state index contributed by atoms with van der Waals surface area (Å²) >= 11 is 3.20. The lowest BCUT2D eigenvalue weighted by molar-refractivity contribution is 0.0955. The molecule has 0 atom stereocenters. The van der Waals surface area contributed by atoms with Crippen LogP contribution in [0.25, 0.3) is 0 Å². The van der Waals surface area contributed by atoms with Crippen LogP contribution in [0.1, 0.15) is 10.4 Å². The Bertz CT molecular complexity index is 572. The van der Waals surface area contributed by atoms with Crippen molar-refractivity contribution in [2.75, 3.05) is 18.4 Å². The molecule has 20 heavy (non-hydrogen) atoms. The molecule has 104 valence electrons. The van der Waals surface area contributed by atoms with Gasteiger partial charge < -0.3 is 15.7 Å². The highest BCUT2D eigenvalue weighted by Gasteiger charge is 2.04. The molecular weight excluding hydrogens is 324 g/mol. The van der Waals surface area contributed by atoms with Crippen molar-refractivity contribution in [3.63, 3.8) is 0 Å². The van der Waals surface area contributed by atoms with Crippen molar-refractivity contribution < 1.29 is 9.90 Å². The van der Waals surface area contributed by atoms with E-state index in [1.54, 1.807) is 24.5 Å². The Balaban J connectivity index is 1.74. The first kappa shape index (κ1) is 14.3. The largest absolute Gasteiger partial charge is 0.508 e. The Morgan fingerprint density at radius 3 is 2.55 bits per heavy atom. The van der Waals surface area contributed by atoms with Crippen LogP contribution in [0.15, 0.2) is 41.3 Å². The van der Waals surface area contributed by atoms with Gasteiger partial charge >= 0.3 is 0 Å². The van der Waals surface area contributed by atoms with Gasteiger partial charge in [-0.15, -0.1) is 0 Å². The van der Waals surface area contributed by atoms with Crippen molar-refractivity contribution in [2.45, 2.75) is 0 Å². The van der Waals surface area contributed by atoms with Gasteiger partial charge in [0.1, 0.15) is 16.2 Å². The maximum atomic E-state index is 11.8. The second-order valence-corrected chi connectivity index (χ2v) is 4.77. The summed E-state index contributed by atoms with van der Waals surface area (Å²) in [6, 6.07) is 6.09. The fourth-order valence-corrected chi connectivity index (χ4v) is 1.69. The van der Waals surface area contributed by atoms with Crippen LogP contribution < -0.4 is 10.6 Å². The quantitative estimate of drug-likeness (QED) is 0.724. The molecule has 0 fully saturated rings. The maximum Gasteiger partial charge on any atom is 0.251 e. The van der Waals surface area contributed by atoms with Crippen molar-refractivity contribution in [1.82, 2.24) is 15.3 Å². The third-order valence-corrected chi connectivity index (χ3v) is 2.88. The van der Waals surface area contributed by atoms with Crippen molar-refractivity contribution >= 4 is 27.7 Å². The minimum Gasteiger partial charge on any atom is -0.508 e. The average Bonchev–Trinajstić information content (AvgIpc) is 2.46. The van der Waals surface area contributed by atoms with E-state index in [2.05, 4.69) is 36.5 Å². The number of rotatable bonds is 5. The van der Waals surface area contributed by atoms with Gasteiger partial charge in [0.05, 0.1) is 12.4 Å². The van der Waals surface area contributed by atoms with Crippen LogP contribution in [0.5, 0.6) is 5.75 Å². The van der Waals surface area contributed by atoms with Crippen LogP contribution in [-0.4, -0.2) is 34.1 Å². The number of aromatic hydroxyl groups is 1. The van der Waals surface area contributed by atoms with E-state index in [0.29, 0.717) is 29.1 Å². The minimum atomic E-state index is -0.186. The number of hydrogen-bond donors (Lipinski definition) is 3. The standard InChI is InChI=1S/C13H13BrN4O2/c14-11-7-18-12(8-17-11)15-5-6-16-13(20)9-1-3-10(19)4-2-9/h1-4,7-8,19H,5-6H2,(H,15,18)(H,16,20). The zero-order chi connectivity index (χ0) is 14.4. The van der Waals surface area contributed by atoms with Crippen molar-refractivity contribution in [2.24, 2.45) is 0 Å². The first-order chi connectivity index (χ1) is 9.65. The predicted octanol–water partition coefficient (Wildman–Crippen LogP) is 1.79. The Morgan fingerprint density at radius 2 is 1.90 bits per heavy atom. The normalized spacial score (nSPS) is 10.1. The Hall–Kier alpha value is -2.15. The highest BCUT2D eigenvalue weighted by Crippen LogP contribution is 2.09. The summed E-state index contributed by atoms with van der Waals surface area (Å²) in [6.45, 7) is 0.998. The zero-order valence-electron chi connectivity index (χ0n) is 10.5. The van der Waals surface area contributed by atoms with Crippen LogP contribution in [0.2, 0.25) is 0 Å². The molecule has 1 aromatic carbocycles. The van der Waals surface area contributed by atoms with Gasteiger partial charge in [0.2, 0.25) is 0 Å². The molecule has 7 heteroatoms. The first-order valence-corrected chi connectivity index (χ1v) is 6.73. The number of phenolic OH excluding ortho intramolecular Hbond substituents is 1. The third kappa shape index (κ3) is 4.20. The molecule has 0 saturated heterocycles. The molecule has 0 unspecified atom stereocenters. The zero-order valence-corrected chi connectivity index (χ0v) is 12.1. The number of carbonyl (C=O) groups excluding carboxylic acids is 1. The molecule has 0 saturated carbocycles. The average molecular weight is 337 g/mol. The lowest BCUT2D eigenvalue weighted by Crippen LogP contribution is -2.28. The molecule has 0 aliphatic rings. The number of nitrogens with zero attached hydrogens (tertiary/aromatic N) is 2. The van der Waals surface area contributed by atoms with Gasteiger partial charge in [-0.1, -0.05) is 0 Å². The third-order valence-electron chi connectivity index (χ3n) is 2.47. The number of benzene rings is 1. The van der Waals surface area contributed by atoms with Crippen LogP contribution in [-0.2, 0) is 0 Å². The number of halogens is 1. The molecule has 1 aromatic heterocycles. The monoisotopic (exact) mass is 336 g/mol. The number of nitrogens with one attached hydrogen (secondary N) is 2. The summed E-state index contributed by atoms with van der Waals surface area (Å²) < 4.78 is 0.670. The van der Waals surface area contributed by atoms with E-state index < -0.39 is 0 Å². The minimum absolute atomic E-state index is 0.136. The lowest BCUT2D eigenvalue weighted by Gasteiger charge is -2.07. The second-order valence-electron chi connectivity index (χ2n) is 3.95. The Labute approximate surface area is 124 Å². The summed E-state index contributed by atoms with van der Waals surface area (Å²) in [5.74, 6) is 0.595. The van der Waals surface area contributed by atoms with Crippen LogP contribution in [0.3, 0.4) is 0 Å². The van der Waals surface area contributed by atoms with Gasteiger partial charge in [-0.05, 0) is 40.2 Å². The van der Waals surface area contributed by atoms with E-state index in [0.717, 1.165) is 0 Å². The molecule has 2 aromatic rings. The van der Waals surface area contributed by atoms with Gasteiger partial charge in [0.15, 0.2) is 0 Å². The highest BCUT2D eigenvalue weighted by molar-refractivity contribution is 9.10. The van der Waals surface area contributed by atoms with E-state index in [-0.39, 0.29) is 11.7 Å². The van der Waals surface area contributed by atoms with E-state index in [9.17, 15) is 4.79 Å². The van der Waals surface area contributed by atoms with E-state index >= 15 is 0 Å². The summed E-state index contributed by atoms with van der Waals surface area (Å²) in [5.41, 5.74) is 0.506. The van der Waals surface area contributed by atoms with Crippen molar-refractivity contribution in [3.8, 4) is 5.75 Å². The lowest BCUT2D eigenvalue weighted by atomic mass is 10.2. The second kappa shape index (κ2) is 6.85. The number of aromatic nitrogens is 2. The molecule has 1 heterocycles. The number of amides is 1. The summed E-state index contributed by atoms with van der Waals surface area (Å²) in [4.78, 5) is 19.9. The first-order valence-electron chi connectivity index (χ1n) is 5.94. The van der Waals surface area contributed by atoms with Gasteiger partial charge in [0.25, 0.3) is 5.91 Å².